The topological polar surface area (TPSA) is 34.2 Å². The summed E-state index contributed by atoms with van der Waals surface area (Å²) >= 11 is 0. The highest BCUT2D eigenvalue weighted by Gasteiger charge is 2.13. The Bertz CT molecular complexity index is 513. The van der Waals surface area contributed by atoms with Crippen molar-refractivity contribution >= 4 is 5.69 Å². The molecule has 0 bridgehead atoms. The first-order valence-corrected chi connectivity index (χ1v) is 7.24. The van der Waals surface area contributed by atoms with Crippen molar-refractivity contribution in [2.45, 2.75) is 32.7 Å². The fourth-order valence-electron chi connectivity index (χ4n) is 2.24. The summed E-state index contributed by atoms with van der Waals surface area (Å²) in [6.07, 6.45) is 3.95. The number of benzene rings is 1. The highest BCUT2D eigenvalue weighted by molar-refractivity contribution is 5.53. The zero-order chi connectivity index (χ0) is 14.2. The van der Waals surface area contributed by atoms with Crippen LogP contribution in [0.15, 0.2) is 48.7 Å². The minimum atomic E-state index is 0.282. The van der Waals surface area contributed by atoms with Crippen molar-refractivity contribution in [3.05, 3.63) is 54.2 Å². The smallest absolute Gasteiger partial charge is 0.237 e. The molecule has 1 aromatic carbocycles. The molecule has 3 heteroatoms. The molecule has 20 heavy (non-hydrogen) atoms. The molecule has 0 radical (unpaired) electrons. The van der Waals surface area contributed by atoms with E-state index in [-0.39, 0.29) is 6.04 Å². The van der Waals surface area contributed by atoms with Crippen LogP contribution in [0.5, 0.6) is 5.88 Å². The molecule has 2 rings (SSSR count). The van der Waals surface area contributed by atoms with Gasteiger partial charge in [0.25, 0.3) is 0 Å². The van der Waals surface area contributed by atoms with Crippen LogP contribution in [0, 0.1) is 0 Å². The molecule has 2 aromatic rings. The van der Waals surface area contributed by atoms with E-state index in [1.807, 2.05) is 25.1 Å². The zero-order valence-electron chi connectivity index (χ0n) is 12.2. The summed E-state index contributed by atoms with van der Waals surface area (Å²) in [5, 5.41) is 3.56. The number of nitrogens with zero attached hydrogens (tertiary/aromatic N) is 1. The van der Waals surface area contributed by atoms with Crippen LogP contribution in [-0.2, 0) is 0 Å². The molecule has 3 nitrogen and oxygen atoms in total. The summed E-state index contributed by atoms with van der Waals surface area (Å²) in [6, 6.07) is 14.7. The molecule has 0 saturated carbocycles. The lowest BCUT2D eigenvalue weighted by molar-refractivity contribution is 0.328. The Morgan fingerprint density at radius 3 is 2.60 bits per heavy atom. The SMILES string of the molecule is CCCC(Nc1cccnc1OCC)c1ccccc1. The first-order valence-electron chi connectivity index (χ1n) is 7.24. The first kappa shape index (κ1) is 14.4. The fourth-order valence-corrected chi connectivity index (χ4v) is 2.24. The largest absolute Gasteiger partial charge is 0.476 e. The zero-order valence-corrected chi connectivity index (χ0v) is 12.2. The molecular formula is C17H22N2O. The van der Waals surface area contributed by atoms with Gasteiger partial charge in [0.2, 0.25) is 5.88 Å². The number of hydrogen-bond acceptors (Lipinski definition) is 3. The van der Waals surface area contributed by atoms with E-state index in [9.17, 15) is 0 Å². The molecule has 0 aliphatic rings. The Labute approximate surface area is 121 Å². The standard InChI is InChI=1S/C17H22N2O/c1-3-9-15(14-10-6-5-7-11-14)19-16-12-8-13-18-17(16)20-4-2/h5-8,10-13,15,19H,3-4,9H2,1-2H3. The molecule has 0 amide bonds. The first-order chi connectivity index (χ1) is 9.85. The van der Waals surface area contributed by atoms with E-state index in [1.165, 1.54) is 5.56 Å². The number of hydrogen-bond donors (Lipinski definition) is 1. The number of aromatic nitrogens is 1. The van der Waals surface area contributed by atoms with E-state index >= 15 is 0 Å². The maximum atomic E-state index is 5.58. The Balaban J connectivity index is 2.20. The van der Waals surface area contributed by atoms with Crippen molar-refractivity contribution in [3.63, 3.8) is 0 Å². The maximum Gasteiger partial charge on any atom is 0.237 e. The van der Waals surface area contributed by atoms with Crippen LogP contribution >= 0.6 is 0 Å². The second-order valence-electron chi connectivity index (χ2n) is 4.69. The van der Waals surface area contributed by atoms with Crippen molar-refractivity contribution in [1.82, 2.24) is 4.98 Å². The average Bonchev–Trinajstić information content (AvgIpc) is 2.50. The van der Waals surface area contributed by atoms with E-state index in [2.05, 4.69) is 41.5 Å². The van der Waals surface area contributed by atoms with Gasteiger partial charge in [0.1, 0.15) is 0 Å². The lowest BCUT2D eigenvalue weighted by Gasteiger charge is -2.21. The molecule has 1 aromatic heterocycles. The number of nitrogens with one attached hydrogen (secondary N) is 1. The Morgan fingerprint density at radius 1 is 1.10 bits per heavy atom. The fraction of sp³-hybridized carbons (Fsp3) is 0.353. The summed E-state index contributed by atoms with van der Waals surface area (Å²) in [5.41, 5.74) is 2.25. The van der Waals surface area contributed by atoms with Gasteiger partial charge in [-0.15, -0.1) is 0 Å². The molecule has 1 N–H and O–H groups in total. The third-order valence-corrected chi connectivity index (χ3v) is 3.16. The van der Waals surface area contributed by atoms with E-state index in [0.717, 1.165) is 18.5 Å². The predicted octanol–water partition coefficient (Wildman–Crippen LogP) is 4.43. The normalized spacial score (nSPS) is 11.9. The quantitative estimate of drug-likeness (QED) is 0.808. The summed E-state index contributed by atoms with van der Waals surface area (Å²) in [7, 11) is 0. The van der Waals surface area contributed by atoms with Crippen LogP contribution in [0.3, 0.4) is 0 Å². The number of anilines is 1. The van der Waals surface area contributed by atoms with Crippen molar-refractivity contribution < 1.29 is 4.74 Å². The van der Waals surface area contributed by atoms with Gasteiger partial charge in [-0.05, 0) is 31.0 Å². The van der Waals surface area contributed by atoms with Crippen LogP contribution in [0.2, 0.25) is 0 Å². The lowest BCUT2D eigenvalue weighted by atomic mass is 10.0. The van der Waals surface area contributed by atoms with Crippen LogP contribution in [0.4, 0.5) is 5.69 Å². The van der Waals surface area contributed by atoms with Crippen molar-refractivity contribution in [2.75, 3.05) is 11.9 Å². The molecule has 0 fully saturated rings. The molecule has 106 valence electrons. The van der Waals surface area contributed by atoms with Crippen molar-refractivity contribution in [3.8, 4) is 5.88 Å². The Hall–Kier alpha value is -2.03. The van der Waals surface area contributed by atoms with Gasteiger partial charge in [-0.3, -0.25) is 0 Å². The average molecular weight is 270 g/mol. The van der Waals surface area contributed by atoms with E-state index < -0.39 is 0 Å². The van der Waals surface area contributed by atoms with Gasteiger partial charge < -0.3 is 10.1 Å². The van der Waals surface area contributed by atoms with Gasteiger partial charge in [-0.25, -0.2) is 4.98 Å². The lowest BCUT2D eigenvalue weighted by Crippen LogP contribution is -2.12. The molecule has 0 aliphatic heterocycles. The van der Waals surface area contributed by atoms with Gasteiger partial charge in [-0.1, -0.05) is 43.7 Å². The molecule has 1 atom stereocenters. The third-order valence-electron chi connectivity index (χ3n) is 3.16. The van der Waals surface area contributed by atoms with Gasteiger partial charge in [-0.2, -0.15) is 0 Å². The van der Waals surface area contributed by atoms with Crippen molar-refractivity contribution in [2.24, 2.45) is 0 Å². The van der Waals surface area contributed by atoms with E-state index in [4.69, 9.17) is 4.74 Å². The van der Waals surface area contributed by atoms with Crippen LogP contribution in [-0.4, -0.2) is 11.6 Å². The maximum absolute atomic E-state index is 5.58. The summed E-state index contributed by atoms with van der Waals surface area (Å²) in [6.45, 7) is 4.79. The number of rotatable bonds is 7. The van der Waals surface area contributed by atoms with Crippen LogP contribution < -0.4 is 10.1 Å². The Morgan fingerprint density at radius 2 is 1.90 bits per heavy atom. The van der Waals surface area contributed by atoms with Gasteiger partial charge in [0.05, 0.1) is 18.3 Å². The monoisotopic (exact) mass is 270 g/mol. The highest BCUT2D eigenvalue weighted by atomic mass is 16.5. The molecule has 0 aliphatic carbocycles. The summed E-state index contributed by atoms with van der Waals surface area (Å²) in [5.74, 6) is 0.673. The van der Waals surface area contributed by atoms with Crippen LogP contribution in [0.25, 0.3) is 0 Å². The second kappa shape index (κ2) is 7.53. The Kier molecular flexibility index (Phi) is 5.42. The molecular weight excluding hydrogens is 248 g/mol. The highest BCUT2D eigenvalue weighted by Crippen LogP contribution is 2.28. The molecule has 1 unspecified atom stereocenters. The number of pyridine rings is 1. The van der Waals surface area contributed by atoms with Gasteiger partial charge in [0, 0.05) is 6.20 Å². The van der Waals surface area contributed by atoms with Crippen LogP contribution in [0.1, 0.15) is 38.3 Å². The minimum absolute atomic E-state index is 0.282. The predicted molar refractivity (Wildman–Crippen MR) is 83.1 cm³/mol. The third kappa shape index (κ3) is 3.73. The molecule has 0 saturated heterocycles. The summed E-state index contributed by atoms with van der Waals surface area (Å²) < 4.78 is 5.58. The number of ether oxygens (including phenoxy) is 1. The second-order valence-corrected chi connectivity index (χ2v) is 4.69. The van der Waals surface area contributed by atoms with Crippen molar-refractivity contribution in [1.29, 1.82) is 0 Å². The molecule has 0 spiro atoms. The van der Waals surface area contributed by atoms with Gasteiger partial charge in [0.15, 0.2) is 0 Å². The minimum Gasteiger partial charge on any atom is -0.476 e. The summed E-state index contributed by atoms with van der Waals surface area (Å²) in [4.78, 5) is 4.29. The van der Waals surface area contributed by atoms with E-state index in [1.54, 1.807) is 6.20 Å². The van der Waals surface area contributed by atoms with Gasteiger partial charge >= 0.3 is 0 Å². The van der Waals surface area contributed by atoms with E-state index in [0.29, 0.717) is 12.5 Å². The molecule has 1 heterocycles.